The van der Waals surface area contributed by atoms with Gasteiger partial charge in [0.15, 0.2) is 0 Å². The summed E-state index contributed by atoms with van der Waals surface area (Å²) in [5.41, 5.74) is 1.83. The summed E-state index contributed by atoms with van der Waals surface area (Å²) in [5.74, 6) is 0.681. The van der Waals surface area contributed by atoms with Gasteiger partial charge < -0.3 is 0 Å². The molecule has 0 unspecified atom stereocenters. The third-order valence-electron chi connectivity index (χ3n) is 1.98. The number of nitrogens with one attached hydrogen (secondary N) is 1. The Balaban J connectivity index is 2.31. The summed E-state index contributed by atoms with van der Waals surface area (Å²) in [4.78, 5) is 11.0. The molecule has 0 aliphatic heterocycles. The highest BCUT2D eigenvalue weighted by Crippen LogP contribution is 2.15. The van der Waals surface area contributed by atoms with Gasteiger partial charge in [0.05, 0.1) is 0 Å². The fraction of sp³-hybridized carbons (Fsp3) is 0.200. The first kappa shape index (κ1) is 9.51. The van der Waals surface area contributed by atoms with E-state index in [-0.39, 0.29) is 5.78 Å². The van der Waals surface area contributed by atoms with Crippen LogP contribution >= 0.6 is 0 Å². The Morgan fingerprint density at radius 3 is 3.00 bits per heavy atom. The first-order valence-corrected chi connectivity index (χ1v) is 4.58. The molecule has 0 amide bonds. The van der Waals surface area contributed by atoms with Crippen LogP contribution in [-0.2, 0) is 11.2 Å². The van der Waals surface area contributed by atoms with Crippen LogP contribution < -0.4 is 0 Å². The molecule has 0 fully saturated rings. The Morgan fingerprint density at radius 1 is 1.47 bits per heavy atom. The molecule has 1 aromatic carbocycles. The third kappa shape index (κ3) is 2.25. The summed E-state index contributed by atoms with van der Waals surface area (Å²) < 4.78 is 0. The number of hydrogen-bond acceptors (Lipinski definition) is 4. The van der Waals surface area contributed by atoms with Gasteiger partial charge in [0.1, 0.15) is 5.78 Å². The number of H-pyrrole nitrogens is 1. The fourth-order valence-electron chi connectivity index (χ4n) is 1.39. The van der Waals surface area contributed by atoms with E-state index in [0.29, 0.717) is 12.2 Å². The van der Waals surface area contributed by atoms with E-state index < -0.39 is 0 Å². The monoisotopic (exact) mass is 202 g/mol. The zero-order chi connectivity index (χ0) is 10.7. The number of benzene rings is 1. The maximum Gasteiger partial charge on any atom is 0.204 e. The molecule has 2 aromatic rings. The van der Waals surface area contributed by atoms with Crippen molar-refractivity contribution in [2.45, 2.75) is 13.3 Å². The van der Waals surface area contributed by atoms with Crippen LogP contribution in [0.2, 0.25) is 0 Å². The van der Waals surface area contributed by atoms with Gasteiger partial charge in [-0.3, -0.25) is 4.79 Å². The van der Waals surface area contributed by atoms with E-state index in [1.54, 1.807) is 6.92 Å². The Morgan fingerprint density at radius 2 is 2.33 bits per heavy atom. The van der Waals surface area contributed by atoms with Crippen molar-refractivity contribution in [3.63, 3.8) is 0 Å². The Hall–Kier alpha value is -2.04. The van der Waals surface area contributed by atoms with E-state index in [4.69, 9.17) is 0 Å². The molecule has 2 rings (SSSR count). The van der Waals surface area contributed by atoms with Gasteiger partial charge in [-0.2, -0.15) is 5.21 Å². The molecule has 1 heterocycles. The van der Waals surface area contributed by atoms with Gasteiger partial charge in [0.25, 0.3) is 0 Å². The SMILES string of the molecule is CC(=O)Cc1cccc(-c2nn[nH]n2)c1. The maximum atomic E-state index is 11.0. The Bertz CT molecular complexity index is 464. The summed E-state index contributed by atoms with van der Waals surface area (Å²) >= 11 is 0. The van der Waals surface area contributed by atoms with Crippen LogP contribution in [0, 0.1) is 0 Å². The van der Waals surface area contributed by atoms with E-state index in [9.17, 15) is 4.79 Å². The van der Waals surface area contributed by atoms with Crippen molar-refractivity contribution in [1.29, 1.82) is 0 Å². The minimum Gasteiger partial charge on any atom is -0.300 e. The van der Waals surface area contributed by atoms with E-state index in [1.807, 2.05) is 24.3 Å². The predicted octanol–water partition coefficient (Wildman–Crippen LogP) is 0.998. The first-order valence-electron chi connectivity index (χ1n) is 4.58. The lowest BCUT2D eigenvalue weighted by molar-refractivity contribution is -0.116. The Labute approximate surface area is 86.5 Å². The number of nitrogens with zero attached hydrogens (tertiary/aromatic N) is 3. The highest BCUT2D eigenvalue weighted by atomic mass is 16.1. The third-order valence-corrected chi connectivity index (χ3v) is 1.98. The average molecular weight is 202 g/mol. The molecule has 0 spiro atoms. The molecular weight excluding hydrogens is 192 g/mol. The summed E-state index contributed by atoms with van der Waals surface area (Å²) in [6.07, 6.45) is 0.436. The zero-order valence-corrected chi connectivity index (χ0v) is 8.27. The van der Waals surface area contributed by atoms with Crippen LogP contribution in [0.4, 0.5) is 0 Å². The van der Waals surface area contributed by atoms with Gasteiger partial charge in [-0.1, -0.05) is 18.2 Å². The average Bonchev–Trinajstić information content (AvgIpc) is 2.69. The highest BCUT2D eigenvalue weighted by molar-refractivity contribution is 5.78. The maximum absolute atomic E-state index is 11.0. The van der Waals surface area contributed by atoms with Crippen LogP contribution in [0.5, 0.6) is 0 Å². The molecule has 1 N–H and O–H groups in total. The second kappa shape index (κ2) is 4.00. The Kier molecular flexibility index (Phi) is 2.53. The van der Waals surface area contributed by atoms with Crippen molar-refractivity contribution in [2.75, 3.05) is 0 Å². The smallest absolute Gasteiger partial charge is 0.204 e. The fourth-order valence-corrected chi connectivity index (χ4v) is 1.39. The van der Waals surface area contributed by atoms with E-state index in [1.165, 1.54) is 0 Å². The van der Waals surface area contributed by atoms with Crippen molar-refractivity contribution in [1.82, 2.24) is 20.6 Å². The summed E-state index contributed by atoms with van der Waals surface area (Å²) in [7, 11) is 0. The minimum absolute atomic E-state index is 0.139. The van der Waals surface area contributed by atoms with Gasteiger partial charge in [0, 0.05) is 12.0 Å². The number of ketones is 1. The number of carbonyl (C=O) groups excluding carboxylic acids is 1. The molecule has 0 saturated carbocycles. The summed E-state index contributed by atoms with van der Waals surface area (Å²) in [6.45, 7) is 1.57. The number of rotatable bonds is 3. The van der Waals surface area contributed by atoms with Crippen molar-refractivity contribution >= 4 is 5.78 Å². The number of hydrogen-bond donors (Lipinski definition) is 1. The number of tetrazole rings is 1. The molecule has 1 aromatic heterocycles. The summed E-state index contributed by atoms with van der Waals surface area (Å²) in [5, 5.41) is 13.6. The van der Waals surface area contributed by atoms with Gasteiger partial charge >= 0.3 is 0 Å². The van der Waals surface area contributed by atoms with Crippen LogP contribution in [-0.4, -0.2) is 26.4 Å². The molecule has 0 bridgehead atoms. The number of Topliss-reactive ketones (excluding diaryl/α,β-unsaturated/α-hetero) is 1. The first-order chi connectivity index (χ1) is 7.25. The number of aromatic amines is 1. The van der Waals surface area contributed by atoms with Crippen molar-refractivity contribution < 1.29 is 4.79 Å². The normalized spacial score (nSPS) is 10.2. The zero-order valence-electron chi connectivity index (χ0n) is 8.27. The van der Waals surface area contributed by atoms with E-state index in [2.05, 4.69) is 20.6 Å². The highest BCUT2D eigenvalue weighted by Gasteiger charge is 2.04. The van der Waals surface area contributed by atoms with Gasteiger partial charge in [0.2, 0.25) is 5.82 Å². The van der Waals surface area contributed by atoms with Crippen molar-refractivity contribution in [3.8, 4) is 11.4 Å². The van der Waals surface area contributed by atoms with Gasteiger partial charge in [-0.15, -0.1) is 10.2 Å². The lowest BCUT2D eigenvalue weighted by Gasteiger charge is -1.99. The topological polar surface area (TPSA) is 71.5 Å². The van der Waals surface area contributed by atoms with Crippen molar-refractivity contribution in [2.24, 2.45) is 0 Å². The van der Waals surface area contributed by atoms with Gasteiger partial charge in [-0.05, 0) is 23.8 Å². The van der Waals surface area contributed by atoms with E-state index >= 15 is 0 Å². The second-order valence-electron chi connectivity index (χ2n) is 3.31. The number of aromatic nitrogens is 4. The molecule has 0 radical (unpaired) electrons. The lowest BCUT2D eigenvalue weighted by atomic mass is 10.1. The second-order valence-corrected chi connectivity index (χ2v) is 3.31. The molecule has 0 saturated heterocycles. The molecule has 0 aliphatic carbocycles. The molecule has 15 heavy (non-hydrogen) atoms. The van der Waals surface area contributed by atoms with Crippen LogP contribution in [0.3, 0.4) is 0 Å². The number of carbonyl (C=O) groups is 1. The standard InChI is InChI=1S/C10H10N4O/c1-7(15)5-8-3-2-4-9(6-8)10-11-13-14-12-10/h2-4,6H,5H2,1H3,(H,11,12,13,14). The van der Waals surface area contributed by atoms with Gasteiger partial charge in [-0.25, -0.2) is 0 Å². The molecule has 5 heteroatoms. The predicted molar refractivity (Wildman–Crippen MR) is 54.0 cm³/mol. The molecular formula is C10H10N4O. The quantitative estimate of drug-likeness (QED) is 0.805. The van der Waals surface area contributed by atoms with Crippen LogP contribution in [0.25, 0.3) is 11.4 Å². The molecule has 76 valence electrons. The molecule has 0 atom stereocenters. The minimum atomic E-state index is 0.139. The van der Waals surface area contributed by atoms with Crippen LogP contribution in [0.15, 0.2) is 24.3 Å². The largest absolute Gasteiger partial charge is 0.300 e. The van der Waals surface area contributed by atoms with Crippen LogP contribution in [0.1, 0.15) is 12.5 Å². The molecule has 5 nitrogen and oxygen atoms in total. The lowest BCUT2D eigenvalue weighted by Crippen LogP contribution is -1.96. The van der Waals surface area contributed by atoms with E-state index in [0.717, 1.165) is 11.1 Å². The van der Waals surface area contributed by atoms with Crippen molar-refractivity contribution in [3.05, 3.63) is 29.8 Å². The summed E-state index contributed by atoms with van der Waals surface area (Å²) in [6, 6.07) is 7.57. The molecule has 0 aliphatic rings.